The smallest absolute Gasteiger partial charge is 0.387 e. The van der Waals surface area contributed by atoms with E-state index in [9.17, 15) is 18.4 Å². The molecule has 1 amide bonds. The van der Waals surface area contributed by atoms with Crippen molar-refractivity contribution < 1.29 is 28.2 Å². The van der Waals surface area contributed by atoms with Crippen LogP contribution >= 0.6 is 0 Å². The van der Waals surface area contributed by atoms with E-state index in [2.05, 4.69) is 4.74 Å². The lowest BCUT2D eigenvalue weighted by Crippen LogP contribution is -2.37. The number of carboxylic acid groups (broad SMARTS) is 1. The number of halogens is 2. The number of hydrogen-bond donors (Lipinski definition) is 1. The number of ether oxygens (including phenoxy) is 1. The molecule has 1 aromatic carbocycles. The van der Waals surface area contributed by atoms with E-state index in [-0.39, 0.29) is 24.2 Å². The lowest BCUT2D eigenvalue weighted by molar-refractivity contribution is -0.138. The molecule has 1 aliphatic heterocycles. The highest BCUT2D eigenvalue weighted by Gasteiger charge is 2.24. The molecule has 0 saturated carbocycles. The Labute approximate surface area is 145 Å². The summed E-state index contributed by atoms with van der Waals surface area (Å²) in [6.45, 7) is -1.93. The lowest BCUT2D eigenvalue weighted by atomic mass is 10.1. The van der Waals surface area contributed by atoms with E-state index >= 15 is 0 Å². The van der Waals surface area contributed by atoms with E-state index in [0.29, 0.717) is 25.1 Å². The molecule has 6 nitrogen and oxygen atoms in total. The normalized spacial score (nSPS) is 18.3. The number of nitrogens with zero attached hydrogens (tertiary/aromatic N) is 2. The fourth-order valence-corrected chi connectivity index (χ4v) is 3.05. The molecule has 1 unspecified atom stereocenters. The molecule has 1 saturated heterocycles. The highest BCUT2D eigenvalue weighted by molar-refractivity contribution is 5.94. The van der Waals surface area contributed by atoms with Crippen molar-refractivity contribution in [2.24, 2.45) is 0 Å². The molecule has 1 atom stereocenters. The van der Waals surface area contributed by atoms with E-state index in [1.54, 1.807) is 22.9 Å². The van der Waals surface area contributed by atoms with E-state index < -0.39 is 12.6 Å². The van der Waals surface area contributed by atoms with Gasteiger partial charge in [0.05, 0.1) is 6.54 Å². The van der Waals surface area contributed by atoms with Crippen molar-refractivity contribution in [2.75, 3.05) is 26.7 Å². The third kappa shape index (κ3) is 5.67. The Morgan fingerprint density at radius 2 is 2.12 bits per heavy atom. The van der Waals surface area contributed by atoms with Gasteiger partial charge in [0, 0.05) is 24.7 Å². The van der Waals surface area contributed by atoms with E-state index in [0.717, 1.165) is 12.8 Å². The quantitative estimate of drug-likeness (QED) is 0.847. The van der Waals surface area contributed by atoms with Crippen molar-refractivity contribution in [1.82, 2.24) is 9.80 Å². The average Bonchev–Trinajstić information content (AvgIpc) is 2.79. The predicted octanol–water partition coefficient (Wildman–Crippen LogP) is 2.30. The van der Waals surface area contributed by atoms with Gasteiger partial charge in [0.15, 0.2) is 0 Å². The summed E-state index contributed by atoms with van der Waals surface area (Å²) in [6.07, 6.45) is 2.23. The van der Waals surface area contributed by atoms with Crippen LogP contribution in [0.1, 0.15) is 29.6 Å². The van der Waals surface area contributed by atoms with Gasteiger partial charge in [0.25, 0.3) is 5.91 Å². The van der Waals surface area contributed by atoms with Gasteiger partial charge in [-0.15, -0.1) is 0 Å². The van der Waals surface area contributed by atoms with Crippen LogP contribution in [-0.4, -0.2) is 66.1 Å². The third-order valence-corrected chi connectivity index (χ3v) is 4.30. The number of carbonyl (C=O) groups excluding carboxylic acids is 1. The average molecular weight is 356 g/mol. The van der Waals surface area contributed by atoms with Gasteiger partial charge in [-0.2, -0.15) is 8.78 Å². The molecule has 1 fully saturated rings. The van der Waals surface area contributed by atoms with Gasteiger partial charge in [-0.3, -0.25) is 14.5 Å². The number of benzene rings is 1. The number of likely N-dealkylation sites (N-methyl/N-ethyl adjacent to an activating group) is 1. The second-order valence-corrected chi connectivity index (χ2v) is 6.09. The van der Waals surface area contributed by atoms with Gasteiger partial charge >= 0.3 is 12.6 Å². The molecule has 1 N–H and O–H groups in total. The van der Waals surface area contributed by atoms with Crippen molar-refractivity contribution in [3.05, 3.63) is 29.8 Å². The molecule has 1 aliphatic rings. The fraction of sp³-hybridized carbons (Fsp3) is 0.529. The van der Waals surface area contributed by atoms with Crippen molar-refractivity contribution in [2.45, 2.75) is 31.9 Å². The molecule has 1 aromatic rings. The number of hydrogen-bond acceptors (Lipinski definition) is 4. The Morgan fingerprint density at radius 1 is 1.36 bits per heavy atom. The second-order valence-electron chi connectivity index (χ2n) is 6.09. The van der Waals surface area contributed by atoms with Crippen LogP contribution in [0.2, 0.25) is 0 Å². The largest absolute Gasteiger partial charge is 0.480 e. The van der Waals surface area contributed by atoms with Gasteiger partial charge in [-0.1, -0.05) is 6.07 Å². The molecule has 25 heavy (non-hydrogen) atoms. The molecule has 0 radical (unpaired) electrons. The summed E-state index contributed by atoms with van der Waals surface area (Å²) in [5.74, 6) is -1.16. The molecule has 0 aromatic heterocycles. The van der Waals surface area contributed by atoms with Gasteiger partial charge in [-0.25, -0.2) is 0 Å². The Kier molecular flexibility index (Phi) is 6.69. The Hall–Kier alpha value is -2.22. The van der Waals surface area contributed by atoms with Crippen LogP contribution in [0.25, 0.3) is 0 Å². The maximum atomic E-state index is 12.6. The summed E-state index contributed by atoms with van der Waals surface area (Å²) in [4.78, 5) is 26.9. The molecule has 0 aliphatic carbocycles. The number of carbonyl (C=O) groups is 2. The monoisotopic (exact) mass is 356 g/mol. The van der Waals surface area contributed by atoms with Crippen LogP contribution in [0.15, 0.2) is 24.3 Å². The van der Waals surface area contributed by atoms with Crippen LogP contribution in [0, 0.1) is 0 Å². The van der Waals surface area contributed by atoms with Gasteiger partial charge in [0.1, 0.15) is 5.75 Å². The standard InChI is InChI=1S/C17H22F2N2O4/c1-20(11-15(22)23)13-5-3-8-21(9-7-13)16(24)12-4-2-6-14(10-12)25-17(18)19/h2,4,6,10,13,17H,3,5,7-9,11H2,1H3,(H,22,23). The zero-order chi connectivity index (χ0) is 18.4. The first-order chi connectivity index (χ1) is 11.9. The molecule has 1 heterocycles. The van der Waals surface area contributed by atoms with E-state index in [1.165, 1.54) is 18.2 Å². The summed E-state index contributed by atoms with van der Waals surface area (Å²) in [6, 6.07) is 5.86. The van der Waals surface area contributed by atoms with E-state index in [4.69, 9.17) is 5.11 Å². The molecule has 8 heteroatoms. The number of alkyl halides is 2. The van der Waals surface area contributed by atoms with Gasteiger partial charge in [0.2, 0.25) is 0 Å². The van der Waals surface area contributed by atoms with Crippen molar-refractivity contribution in [1.29, 1.82) is 0 Å². The minimum atomic E-state index is -2.94. The first kappa shape index (κ1) is 19.1. The molecule has 0 bridgehead atoms. The maximum Gasteiger partial charge on any atom is 0.387 e. The number of likely N-dealkylation sites (tertiary alicyclic amines) is 1. The van der Waals surface area contributed by atoms with Crippen molar-refractivity contribution in [3.63, 3.8) is 0 Å². The molecule has 2 rings (SSSR count). The van der Waals surface area contributed by atoms with E-state index in [1.807, 2.05) is 0 Å². The molecule has 138 valence electrons. The van der Waals surface area contributed by atoms with Crippen LogP contribution in [0.4, 0.5) is 8.78 Å². The molecular weight excluding hydrogens is 334 g/mol. The highest BCUT2D eigenvalue weighted by atomic mass is 19.3. The minimum absolute atomic E-state index is 0.0361. The van der Waals surface area contributed by atoms with Crippen LogP contribution in [0.3, 0.4) is 0 Å². The summed E-state index contributed by atoms with van der Waals surface area (Å²) in [7, 11) is 1.77. The summed E-state index contributed by atoms with van der Waals surface area (Å²) < 4.78 is 28.9. The topological polar surface area (TPSA) is 70.1 Å². The predicted molar refractivity (Wildman–Crippen MR) is 86.9 cm³/mol. The maximum absolute atomic E-state index is 12.6. The van der Waals surface area contributed by atoms with Crippen LogP contribution in [-0.2, 0) is 4.79 Å². The number of amides is 1. The zero-order valence-electron chi connectivity index (χ0n) is 14.0. The van der Waals surface area contributed by atoms with Crippen LogP contribution in [0.5, 0.6) is 5.75 Å². The van der Waals surface area contributed by atoms with Gasteiger partial charge < -0.3 is 14.7 Å². The van der Waals surface area contributed by atoms with Crippen molar-refractivity contribution >= 4 is 11.9 Å². The minimum Gasteiger partial charge on any atom is -0.480 e. The highest BCUT2D eigenvalue weighted by Crippen LogP contribution is 2.20. The summed E-state index contributed by atoms with van der Waals surface area (Å²) in [5, 5.41) is 8.89. The summed E-state index contributed by atoms with van der Waals surface area (Å²) in [5.41, 5.74) is 0.301. The van der Waals surface area contributed by atoms with Crippen molar-refractivity contribution in [3.8, 4) is 5.75 Å². The number of aliphatic carboxylic acids is 1. The Balaban J connectivity index is 2.00. The molecule has 0 spiro atoms. The fourth-order valence-electron chi connectivity index (χ4n) is 3.05. The number of carboxylic acids is 1. The van der Waals surface area contributed by atoms with Gasteiger partial charge in [-0.05, 0) is 44.5 Å². The molecular formula is C17H22F2N2O4. The Bertz CT molecular complexity index is 612. The number of rotatable bonds is 6. The second kappa shape index (κ2) is 8.75. The SMILES string of the molecule is CN(CC(=O)O)C1CCCN(C(=O)c2cccc(OC(F)F)c2)CC1. The lowest BCUT2D eigenvalue weighted by Gasteiger charge is -2.25. The first-order valence-corrected chi connectivity index (χ1v) is 8.13. The Morgan fingerprint density at radius 3 is 2.80 bits per heavy atom. The summed E-state index contributed by atoms with van der Waals surface area (Å²) >= 11 is 0. The zero-order valence-corrected chi connectivity index (χ0v) is 14.0. The third-order valence-electron chi connectivity index (χ3n) is 4.30. The first-order valence-electron chi connectivity index (χ1n) is 8.13. The van der Waals surface area contributed by atoms with Crippen LogP contribution < -0.4 is 4.74 Å².